The smallest absolute Gasteiger partial charge is 0.407 e. The van der Waals surface area contributed by atoms with Gasteiger partial charge in [-0.2, -0.15) is 8.42 Å². The number of aromatic nitrogens is 1. The van der Waals surface area contributed by atoms with Gasteiger partial charge in [0.2, 0.25) is 0 Å². The molecule has 0 saturated carbocycles. The lowest BCUT2D eigenvalue weighted by Crippen LogP contribution is -2.48. The number of amides is 1. The largest absolute Gasteiger partial charge is 0.465 e. The fourth-order valence-electron chi connectivity index (χ4n) is 2.89. The number of hydrogen-bond acceptors (Lipinski definition) is 7. The summed E-state index contributed by atoms with van der Waals surface area (Å²) in [5.41, 5.74) is 1.79. The van der Waals surface area contributed by atoms with Gasteiger partial charge in [-0.1, -0.05) is 17.7 Å². The van der Waals surface area contributed by atoms with Crippen molar-refractivity contribution in [1.29, 1.82) is 0 Å². The highest BCUT2D eigenvalue weighted by atomic mass is 32.2. The number of anilines is 1. The van der Waals surface area contributed by atoms with Crippen molar-refractivity contribution in [2.45, 2.75) is 25.2 Å². The summed E-state index contributed by atoms with van der Waals surface area (Å²) in [6.45, 7) is 5.93. The van der Waals surface area contributed by atoms with Gasteiger partial charge in [-0.15, -0.1) is 11.3 Å². The molecule has 1 fully saturated rings. The lowest BCUT2D eigenvalue weighted by molar-refractivity contribution is 0.142. The second-order valence-corrected chi connectivity index (χ2v) is 9.39. The summed E-state index contributed by atoms with van der Waals surface area (Å²) in [4.78, 5) is 20.2. The van der Waals surface area contributed by atoms with Crippen LogP contribution >= 0.6 is 11.3 Å². The number of piperazine rings is 1. The number of hydrogen-bond donors (Lipinski definition) is 1. The van der Waals surface area contributed by atoms with Crippen LogP contribution in [0.4, 0.5) is 9.93 Å². The van der Waals surface area contributed by atoms with Crippen LogP contribution in [-0.4, -0.2) is 62.3 Å². The summed E-state index contributed by atoms with van der Waals surface area (Å²) in [6, 6.07) is 6.54. The van der Waals surface area contributed by atoms with Crippen molar-refractivity contribution in [3.05, 3.63) is 40.4 Å². The van der Waals surface area contributed by atoms with E-state index < -0.39 is 16.2 Å². The van der Waals surface area contributed by atoms with Crippen LogP contribution in [0.25, 0.3) is 0 Å². The van der Waals surface area contributed by atoms with Gasteiger partial charge in [0.1, 0.15) is 0 Å². The number of carbonyl (C=O) groups is 1. The molecule has 152 valence electrons. The standard InChI is InChI=1S/C18H23N3O5S2/c1-13-3-5-15(6-4-13)28(24,25)26-12-7-16-14(2)27-17(19-16)20-8-10-21(11-9-20)18(22)23/h3-6H,7-12H2,1-2H3,(H,22,23). The summed E-state index contributed by atoms with van der Waals surface area (Å²) < 4.78 is 29.7. The highest BCUT2D eigenvalue weighted by Crippen LogP contribution is 2.27. The average Bonchev–Trinajstić information content (AvgIpc) is 3.03. The second kappa shape index (κ2) is 8.46. The molecule has 1 aromatic carbocycles. The number of carboxylic acid groups (broad SMARTS) is 1. The minimum Gasteiger partial charge on any atom is -0.465 e. The lowest BCUT2D eigenvalue weighted by atomic mass is 10.2. The molecule has 10 heteroatoms. The van der Waals surface area contributed by atoms with E-state index in [4.69, 9.17) is 9.29 Å². The maximum absolute atomic E-state index is 12.3. The topological polar surface area (TPSA) is 100 Å². The van der Waals surface area contributed by atoms with Crippen LogP contribution < -0.4 is 4.90 Å². The van der Waals surface area contributed by atoms with Crippen molar-refractivity contribution < 1.29 is 22.5 Å². The Balaban J connectivity index is 1.57. The zero-order valence-electron chi connectivity index (χ0n) is 15.8. The van der Waals surface area contributed by atoms with Gasteiger partial charge in [-0.25, -0.2) is 9.78 Å². The van der Waals surface area contributed by atoms with Crippen LogP contribution in [0.1, 0.15) is 16.1 Å². The molecule has 0 aliphatic carbocycles. The molecule has 28 heavy (non-hydrogen) atoms. The number of nitrogens with zero attached hydrogens (tertiary/aromatic N) is 3. The van der Waals surface area contributed by atoms with E-state index in [9.17, 15) is 13.2 Å². The Morgan fingerprint density at radius 1 is 1.18 bits per heavy atom. The lowest BCUT2D eigenvalue weighted by Gasteiger charge is -2.32. The Kier molecular flexibility index (Phi) is 6.21. The van der Waals surface area contributed by atoms with Crippen LogP contribution in [0.5, 0.6) is 0 Å². The van der Waals surface area contributed by atoms with Crippen LogP contribution in [0.2, 0.25) is 0 Å². The van der Waals surface area contributed by atoms with E-state index in [1.165, 1.54) is 28.4 Å². The van der Waals surface area contributed by atoms with E-state index in [0.29, 0.717) is 32.6 Å². The number of rotatable bonds is 6. The molecular weight excluding hydrogens is 402 g/mol. The maximum atomic E-state index is 12.3. The average molecular weight is 426 g/mol. The summed E-state index contributed by atoms with van der Waals surface area (Å²) in [5, 5.41) is 9.87. The molecule has 0 atom stereocenters. The van der Waals surface area contributed by atoms with Gasteiger partial charge in [0.15, 0.2) is 5.13 Å². The first-order valence-corrected chi connectivity index (χ1v) is 11.1. The molecule has 8 nitrogen and oxygen atoms in total. The van der Waals surface area contributed by atoms with E-state index in [0.717, 1.165) is 21.3 Å². The van der Waals surface area contributed by atoms with E-state index in [2.05, 4.69) is 9.88 Å². The molecule has 1 aliphatic rings. The van der Waals surface area contributed by atoms with Gasteiger partial charge in [-0.3, -0.25) is 4.18 Å². The molecule has 1 aliphatic heterocycles. The van der Waals surface area contributed by atoms with E-state index in [1.807, 2.05) is 13.8 Å². The monoisotopic (exact) mass is 425 g/mol. The Morgan fingerprint density at radius 3 is 2.43 bits per heavy atom. The van der Waals surface area contributed by atoms with E-state index in [-0.39, 0.29) is 11.5 Å². The molecule has 1 amide bonds. The maximum Gasteiger partial charge on any atom is 0.407 e. The van der Waals surface area contributed by atoms with Gasteiger partial charge in [0.05, 0.1) is 17.2 Å². The summed E-state index contributed by atoms with van der Waals surface area (Å²) in [7, 11) is -3.78. The van der Waals surface area contributed by atoms with Gasteiger partial charge in [-0.05, 0) is 26.0 Å². The molecule has 0 radical (unpaired) electrons. The van der Waals surface area contributed by atoms with E-state index >= 15 is 0 Å². The minimum absolute atomic E-state index is 0.0208. The fourth-order valence-corrected chi connectivity index (χ4v) is 4.81. The summed E-state index contributed by atoms with van der Waals surface area (Å²) in [5.74, 6) is 0. The highest BCUT2D eigenvalue weighted by molar-refractivity contribution is 7.86. The highest BCUT2D eigenvalue weighted by Gasteiger charge is 2.23. The minimum atomic E-state index is -3.78. The Morgan fingerprint density at radius 2 is 1.82 bits per heavy atom. The SMILES string of the molecule is Cc1ccc(S(=O)(=O)OCCc2nc(N3CCN(C(=O)O)CC3)sc2C)cc1. The van der Waals surface area contributed by atoms with Crippen LogP contribution in [0, 0.1) is 13.8 Å². The van der Waals surface area contributed by atoms with Gasteiger partial charge in [0, 0.05) is 37.5 Å². The summed E-state index contributed by atoms with van der Waals surface area (Å²) in [6.07, 6.45) is -0.509. The molecule has 1 N–H and O–H groups in total. The van der Waals surface area contributed by atoms with Crippen molar-refractivity contribution in [3.8, 4) is 0 Å². The molecule has 1 saturated heterocycles. The van der Waals surface area contributed by atoms with Crippen molar-refractivity contribution >= 4 is 32.7 Å². The van der Waals surface area contributed by atoms with Crippen molar-refractivity contribution in [2.75, 3.05) is 37.7 Å². The normalized spacial score (nSPS) is 15.1. The molecule has 3 rings (SSSR count). The first-order valence-electron chi connectivity index (χ1n) is 8.91. The molecule has 0 bridgehead atoms. The zero-order chi connectivity index (χ0) is 20.3. The molecule has 2 aromatic rings. The first kappa shape index (κ1) is 20.6. The fraction of sp³-hybridized carbons (Fsp3) is 0.444. The predicted molar refractivity (Wildman–Crippen MR) is 107 cm³/mol. The quantitative estimate of drug-likeness (QED) is 0.710. The number of benzene rings is 1. The molecule has 2 heterocycles. The predicted octanol–water partition coefficient (Wildman–Crippen LogP) is 2.51. The molecular formula is C18H23N3O5S2. The Hall–Kier alpha value is -2.17. The van der Waals surface area contributed by atoms with Crippen molar-refractivity contribution in [1.82, 2.24) is 9.88 Å². The second-order valence-electron chi connectivity index (χ2n) is 6.60. The third-order valence-corrected chi connectivity index (χ3v) is 6.99. The zero-order valence-corrected chi connectivity index (χ0v) is 17.4. The van der Waals surface area contributed by atoms with E-state index in [1.54, 1.807) is 12.1 Å². The Bertz CT molecular complexity index is 933. The Labute approximate surface area is 168 Å². The number of aryl methyl sites for hydroxylation is 2. The molecule has 0 spiro atoms. The third-order valence-electron chi connectivity index (χ3n) is 4.59. The summed E-state index contributed by atoms with van der Waals surface area (Å²) >= 11 is 1.53. The molecule has 0 unspecified atom stereocenters. The third kappa shape index (κ3) is 4.81. The van der Waals surface area contributed by atoms with Crippen LogP contribution in [-0.2, 0) is 20.7 Å². The van der Waals surface area contributed by atoms with Crippen LogP contribution in [0.15, 0.2) is 29.2 Å². The van der Waals surface area contributed by atoms with Gasteiger partial charge < -0.3 is 14.9 Å². The van der Waals surface area contributed by atoms with Crippen molar-refractivity contribution in [2.24, 2.45) is 0 Å². The molecule has 1 aromatic heterocycles. The van der Waals surface area contributed by atoms with Crippen LogP contribution in [0.3, 0.4) is 0 Å². The van der Waals surface area contributed by atoms with Gasteiger partial charge in [0.25, 0.3) is 10.1 Å². The first-order chi connectivity index (χ1) is 13.3. The van der Waals surface area contributed by atoms with Gasteiger partial charge >= 0.3 is 6.09 Å². The number of thiazole rings is 1. The van der Waals surface area contributed by atoms with Crippen molar-refractivity contribution in [3.63, 3.8) is 0 Å².